The van der Waals surface area contributed by atoms with Gasteiger partial charge in [-0.3, -0.25) is 0 Å². The summed E-state index contributed by atoms with van der Waals surface area (Å²) in [4.78, 5) is 0. The zero-order valence-corrected chi connectivity index (χ0v) is 9.73. The highest BCUT2D eigenvalue weighted by atomic mass is 19.1. The maximum Gasteiger partial charge on any atom is 0.123 e. The first kappa shape index (κ1) is 11.7. The van der Waals surface area contributed by atoms with Crippen molar-refractivity contribution in [1.82, 2.24) is 15.0 Å². The van der Waals surface area contributed by atoms with E-state index in [0.29, 0.717) is 12.2 Å². The van der Waals surface area contributed by atoms with Crippen LogP contribution in [0.4, 0.5) is 4.39 Å². The van der Waals surface area contributed by atoms with Crippen LogP contribution in [0.25, 0.3) is 11.3 Å². The van der Waals surface area contributed by atoms with E-state index < -0.39 is 0 Å². The smallest absolute Gasteiger partial charge is 0.123 e. The van der Waals surface area contributed by atoms with Crippen LogP contribution in [-0.2, 0) is 13.1 Å². The zero-order valence-electron chi connectivity index (χ0n) is 9.73. The minimum absolute atomic E-state index is 0.269. The lowest BCUT2D eigenvalue weighted by Crippen LogP contribution is -2.04. The predicted molar refractivity (Wildman–Crippen MR) is 63.6 cm³/mol. The monoisotopic (exact) mass is 234 g/mol. The normalized spacial score (nSPS) is 10.8. The highest BCUT2D eigenvalue weighted by molar-refractivity contribution is 5.61. The van der Waals surface area contributed by atoms with Gasteiger partial charge in [-0.1, -0.05) is 24.3 Å². The van der Waals surface area contributed by atoms with E-state index >= 15 is 0 Å². The molecule has 0 spiro atoms. The van der Waals surface area contributed by atoms with Crippen LogP contribution in [0.3, 0.4) is 0 Å². The Morgan fingerprint density at radius 3 is 2.88 bits per heavy atom. The first-order valence-corrected chi connectivity index (χ1v) is 5.64. The van der Waals surface area contributed by atoms with E-state index in [1.807, 2.05) is 6.07 Å². The third-order valence-corrected chi connectivity index (χ3v) is 2.53. The number of nitrogens with two attached hydrogens (primary N) is 1. The van der Waals surface area contributed by atoms with Crippen molar-refractivity contribution in [3.63, 3.8) is 0 Å². The molecule has 0 amide bonds. The first-order valence-electron chi connectivity index (χ1n) is 5.64. The predicted octanol–water partition coefficient (Wildman–Crippen LogP) is 1.95. The molecule has 0 bridgehead atoms. The minimum Gasteiger partial charge on any atom is -0.325 e. The number of halogens is 1. The van der Waals surface area contributed by atoms with Gasteiger partial charge in [0.25, 0.3) is 0 Å². The Balaban J connectivity index is 2.51. The van der Waals surface area contributed by atoms with E-state index in [0.717, 1.165) is 24.2 Å². The van der Waals surface area contributed by atoms with Gasteiger partial charge in [0.05, 0.1) is 5.69 Å². The van der Waals surface area contributed by atoms with Crippen LogP contribution in [0.1, 0.15) is 19.0 Å². The van der Waals surface area contributed by atoms with Crippen molar-refractivity contribution in [2.75, 3.05) is 0 Å². The molecule has 0 saturated carbocycles. The third kappa shape index (κ3) is 2.34. The number of hydrogen-bond donors (Lipinski definition) is 1. The molecule has 1 aromatic heterocycles. The highest BCUT2D eigenvalue weighted by Crippen LogP contribution is 2.22. The quantitative estimate of drug-likeness (QED) is 0.879. The summed E-state index contributed by atoms with van der Waals surface area (Å²) in [6.07, 6.45) is 0.940. The van der Waals surface area contributed by atoms with Crippen molar-refractivity contribution in [3.8, 4) is 11.3 Å². The van der Waals surface area contributed by atoms with Gasteiger partial charge in [0.1, 0.15) is 11.5 Å². The average molecular weight is 234 g/mol. The molecule has 0 aliphatic rings. The Morgan fingerprint density at radius 1 is 1.41 bits per heavy atom. The van der Waals surface area contributed by atoms with Crippen molar-refractivity contribution in [2.45, 2.75) is 26.4 Å². The standard InChI is InChI=1S/C12H15FN4/c1-2-6-17-12(11(8-14)15-16-17)9-4-3-5-10(13)7-9/h3-5,7H,2,6,8,14H2,1H3. The van der Waals surface area contributed by atoms with Gasteiger partial charge in [-0.2, -0.15) is 0 Å². The molecular formula is C12H15FN4. The van der Waals surface area contributed by atoms with Crippen molar-refractivity contribution >= 4 is 0 Å². The fourth-order valence-corrected chi connectivity index (χ4v) is 1.81. The van der Waals surface area contributed by atoms with Gasteiger partial charge in [0, 0.05) is 18.7 Å². The summed E-state index contributed by atoms with van der Waals surface area (Å²) in [5.41, 5.74) is 7.91. The third-order valence-electron chi connectivity index (χ3n) is 2.53. The second-order valence-corrected chi connectivity index (χ2v) is 3.82. The molecule has 90 valence electrons. The maximum atomic E-state index is 13.2. The molecule has 0 radical (unpaired) electrons. The van der Waals surface area contributed by atoms with E-state index in [-0.39, 0.29) is 5.82 Å². The van der Waals surface area contributed by atoms with E-state index in [1.54, 1.807) is 10.7 Å². The average Bonchev–Trinajstić information content (AvgIpc) is 2.72. The Kier molecular flexibility index (Phi) is 3.49. The summed E-state index contributed by atoms with van der Waals surface area (Å²) in [5, 5.41) is 8.07. The number of hydrogen-bond acceptors (Lipinski definition) is 3. The minimum atomic E-state index is -0.269. The molecular weight excluding hydrogens is 219 g/mol. The van der Waals surface area contributed by atoms with Crippen LogP contribution >= 0.6 is 0 Å². The second kappa shape index (κ2) is 5.05. The molecule has 0 aliphatic carbocycles. The lowest BCUT2D eigenvalue weighted by Gasteiger charge is -2.06. The van der Waals surface area contributed by atoms with E-state index in [1.165, 1.54) is 12.1 Å². The summed E-state index contributed by atoms with van der Waals surface area (Å²) < 4.78 is 15.0. The fourth-order valence-electron chi connectivity index (χ4n) is 1.81. The largest absolute Gasteiger partial charge is 0.325 e. The van der Waals surface area contributed by atoms with Gasteiger partial charge in [-0.15, -0.1) is 5.10 Å². The molecule has 0 atom stereocenters. The summed E-state index contributed by atoms with van der Waals surface area (Å²) in [6, 6.07) is 6.41. The Labute approximate surface area is 99.2 Å². The van der Waals surface area contributed by atoms with Crippen molar-refractivity contribution < 1.29 is 4.39 Å². The van der Waals surface area contributed by atoms with Crippen molar-refractivity contribution in [3.05, 3.63) is 35.8 Å². The van der Waals surface area contributed by atoms with Crippen LogP contribution in [0.15, 0.2) is 24.3 Å². The molecule has 17 heavy (non-hydrogen) atoms. The van der Waals surface area contributed by atoms with Gasteiger partial charge in [-0.25, -0.2) is 9.07 Å². The fraction of sp³-hybridized carbons (Fsp3) is 0.333. The number of aryl methyl sites for hydroxylation is 1. The molecule has 1 aromatic carbocycles. The molecule has 0 unspecified atom stereocenters. The lowest BCUT2D eigenvalue weighted by atomic mass is 10.1. The Bertz CT molecular complexity index is 507. The number of nitrogens with zero attached hydrogens (tertiary/aromatic N) is 3. The van der Waals surface area contributed by atoms with Crippen molar-refractivity contribution in [2.24, 2.45) is 5.73 Å². The maximum absolute atomic E-state index is 13.2. The van der Waals surface area contributed by atoms with Crippen LogP contribution in [-0.4, -0.2) is 15.0 Å². The number of benzene rings is 1. The Hall–Kier alpha value is -1.75. The molecule has 1 heterocycles. The van der Waals surface area contributed by atoms with E-state index in [4.69, 9.17) is 5.73 Å². The topological polar surface area (TPSA) is 56.7 Å². The summed E-state index contributed by atoms with van der Waals surface area (Å²) >= 11 is 0. The van der Waals surface area contributed by atoms with E-state index in [2.05, 4.69) is 17.2 Å². The second-order valence-electron chi connectivity index (χ2n) is 3.82. The van der Waals surface area contributed by atoms with Crippen LogP contribution < -0.4 is 5.73 Å². The molecule has 0 aliphatic heterocycles. The summed E-state index contributed by atoms with van der Waals surface area (Å²) in [6.45, 7) is 3.10. The Morgan fingerprint density at radius 2 is 2.24 bits per heavy atom. The highest BCUT2D eigenvalue weighted by Gasteiger charge is 2.13. The van der Waals surface area contributed by atoms with Crippen molar-refractivity contribution in [1.29, 1.82) is 0 Å². The number of aromatic nitrogens is 3. The molecule has 4 nitrogen and oxygen atoms in total. The van der Waals surface area contributed by atoms with Gasteiger partial charge >= 0.3 is 0 Å². The lowest BCUT2D eigenvalue weighted by molar-refractivity contribution is 0.583. The molecule has 2 rings (SSSR count). The van der Waals surface area contributed by atoms with E-state index in [9.17, 15) is 4.39 Å². The SMILES string of the molecule is CCCn1nnc(CN)c1-c1cccc(F)c1. The molecule has 5 heteroatoms. The molecule has 0 fully saturated rings. The molecule has 2 aromatic rings. The van der Waals surface area contributed by atoms with Crippen LogP contribution in [0.5, 0.6) is 0 Å². The number of rotatable bonds is 4. The van der Waals surface area contributed by atoms with Gasteiger partial charge in [-0.05, 0) is 18.6 Å². The van der Waals surface area contributed by atoms with Gasteiger partial charge < -0.3 is 5.73 Å². The van der Waals surface area contributed by atoms with Gasteiger partial charge in [0.2, 0.25) is 0 Å². The van der Waals surface area contributed by atoms with Gasteiger partial charge in [0.15, 0.2) is 0 Å². The molecule has 2 N–H and O–H groups in total. The summed E-state index contributed by atoms with van der Waals surface area (Å²) in [5.74, 6) is -0.269. The van der Waals surface area contributed by atoms with Crippen LogP contribution in [0, 0.1) is 5.82 Å². The first-order chi connectivity index (χ1) is 8.26. The van der Waals surface area contributed by atoms with Crippen LogP contribution in [0.2, 0.25) is 0 Å². The summed E-state index contributed by atoms with van der Waals surface area (Å²) in [7, 11) is 0. The molecule has 0 saturated heterocycles. The zero-order chi connectivity index (χ0) is 12.3.